The fourth-order valence-electron chi connectivity index (χ4n) is 5.78. The van der Waals surface area contributed by atoms with Gasteiger partial charge in [0.2, 0.25) is 11.7 Å². The number of ketones is 2. The van der Waals surface area contributed by atoms with Crippen LogP contribution in [-0.2, 0) is 25.5 Å². The molecule has 31 heavy (non-hydrogen) atoms. The number of primary amides is 1. The van der Waals surface area contributed by atoms with Crippen molar-refractivity contribution in [2.75, 3.05) is 21.2 Å². The summed E-state index contributed by atoms with van der Waals surface area (Å²) in [7, 11) is 4.79. The Balaban J connectivity index is 1.92. The Morgan fingerprint density at radius 1 is 1.26 bits per heavy atom. The van der Waals surface area contributed by atoms with E-state index in [0.717, 1.165) is 0 Å². The fraction of sp³-hybridized carbons (Fsp3) is 0.500. The van der Waals surface area contributed by atoms with Crippen LogP contribution in [0.1, 0.15) is 17.5 Å². The fourth-order valence-corrected chi connectivity index (χ4v) is 5.78. The maximum absolute atomic E-state index is 13.6. The second kappa shape index (κ2) is 7.15. The van der Waals surface area contributed by atoms with Crippen molar-refractivity contribution in [2.24, 2.45) is 23.5 Å². The summed E-state index contributed by atoms with van der Waals surface area (Å²) in [6.45, 7) is 0. The number of aliphatic hydroxyl groups excluding tert-OH is 1. The van der Waals surface area contributed by atoms with E-state index in [4.69, 9.17) is 10.5 Å². The molecule has 0 aliphatic heterocycles. The Morgan fingerprint density at radius 2 is 1.94 bits per heavy atom. The Morgan fingerprint density at radius 3 is 2.52 bits per heavy atom. The molecule has 3 aliphatic carbocycles. The monoisotopic (exact) mass is 430 g/mol. The zero-order valence-corrected chi connectivity index (χ0v) is 17.5. The van der Waals surface area contributed by atoms with Gasteiger partial charge in [0, 0.05) is 24.6 Å². The Kier molecular flexibility index (Phi) is 4.95. The number of phenolic OH excluding ortho intramolecular Hbond substituents is 1. The van der Waals surface area contributed by atoms with Crippen LogP contribution in [0.4, 0.5) is 0 Å². The number of aliphatic hydroxyl groups is 2. The minimum absolute atomic E-state index is 0.0994. The smallest absolute Gasteiger partial charge is 0.230 e. The minimum atomic E-state index is -2.54. The lowest BCUT2D eigenvalue weighted by molar-refractivity contribution is -0.186. The number of fused-ring (bicyclic) bond motifs is 3. The van der Waals surface area contributed by atoms with Crippen LogP contribution in [-0.4, -0.2) is 76.6 Å². The number of ether oxygens (including phenoxy) is 1. The van der Waals surface area contributed by atoms with E-state index in [1.807, 2.05) is 0 Å². The van der Waals surface area contributed by atoms with Crippen LogP contribution in [0.3, 0.4) is 0 Å². The molecule has 1 amide bonds. The van der Waals surface area contributed by atoms with Crippen molar-refractivity contribution in [1.29, 1.82) is 0 Å². The summed E-state index contributed by atoms with van der Waals surface area (Å²) in [5, 5.41) is 32.7. The second-order valence-corrected chi connectivity index (χ2v) is 8.81. The van der Waals surface area contributed by atoms with Crippen molar-refractivity contribution in [3.63, 3.8) is 0 Å². The van der Waals surface area contributed by atoms with Crippen LogP contribution in [0.5, 0.6) is 5.75 Å². The van der Waals surface area contributed by atoms with E-state index in [-0.39, 0.29) is 23.3 Å². The molecule has 0 bridgehead atoms. The third-order valence-corrected chi connectivity index (χ3v) is 7.07. The Bertz CT molecular complexity index is 1020. The summed E-state index contributed by atoms with van der Waals surface area (Å²) < 4.78 is 5.49. The number of carbonyl (C=O) groups is 3. The van der Waals surface area contributed by atoms with Crippen LogP contribution in [0.2, 0.25) is 0 Å². The number of carbonyl (C=O) groups excluding carboxylic acids is 3. The van der Waals surface area contributed by atoms with Gasteiger partial charge in [-0.15, -0.1) is 0 Å². The maximum Gasteiger partial charge on any atom is 0.230 e. The van der Waals surface area contributed by atoms with Gasteiger partial charge in [-0.25, -0.2) is 0 Å². The number of nitrogens with zero attached hydrogens (tertiary/aromatic N) is 1. The zero-order valence-electron chi connectivity index (χ0n) is 17.5. The van der Waals surface area contributed by atoms with Crippen molar-refractivity contribution < 1.29 is 34.4 Å². The number of likely N-dealkylation sites (N-methyl/N-ethyl adjacent to an activating group) is 1. The molecule has 2 saturated carbocycles. The highest BCUT2D eigenvalue weighted by atomic mass is 16.5. The first kappa shape index (κ1) is 21.5. The van der Waals surface area contributed by atoms with E-state index in [9.17, 15) is 29.7 Å². The lowest BCUT2D eigenvalue weighted by Gasteiger charge is -2.54. The first-order valence-electron chi connectivity index (χ1n) is 10.1. The molecule has 3 aliphatic rings. The molecule has 9 nitrogen and oxygen atoms in total. The van der Waals surface area contributed by atoms with Gasteiger partial charge in [0.05, 0.1) is 11.7 Å². The van der Waals surface area contributed by atoms with Crippen molar-refractivity contribution in [2.45, 2.75) is 30.6 Å². The summed E-state index contributed by atoms with van der Waals surface area (Å²) in [6.07, 6.45) is -0.374. The molecular weight excluding hydrogens is 404 g/mol. The first-order valence-corrected chi connectivity index (χ1v) is 10.1. The van der Waals surface area contributed by atoms with Crippen LogP contribution in [0.15, 0.2) is 23.8 Å². The van der Waals surface area contributed by atoms with Crippen molar-refractivity contribution in [3.05, 3.63) is 34.9 Å². The molecule has 6 atom stereocenters. The highest BCUT2D eigenvalue weighted by molar-refractivity contribution is 6.25. The number of hydrogen-bond donors (Lipinski definition) is 4. The molecule has 0 aromatic heterocycles. The molecule has 0 radical (unpaired) electrons. The van der Waals surface area contributed by atoms with Crippen molar-refractivity contribution >= 4 is 23.2 Å². The molecule has 0 spiro atoms. The van der Waals surface area contributed by atoms with Crippen molar-refractivity contribution in [1.82, 2.24) is 4.90 Å². The predicted molar refractivity (Wildman–Crippen MR) is 109 cm³/mol. The number of Topliss-reactive ketones (excluding diaryl/α,β-unsaturated/α-hetero) is 2. The summed E-state index contributed by atoms with van der Waals surface area (Å²) in [5.41, 5.74) is 3.64. The number of benzene rings is 1. The average Bonchev–Trinajstić information content (AvgIpc) is 2.69. The zero-order chi connectivity index (χ0) is 22.8. The topological polar surface area (TPSA) is 150 Å². The number of amides is 1. The Hall–Kier alpha value is -2.75. The number of hydrogen-bond acceptors (Lipinski definition) is 8. The molecular formula is C22H26N2O7. The SMILES string of the molecule is COC1C(C(N)=O)C(=O)[C@@]2(O)C(=O)C3=C(O)c4c(O)cccc4C[C@H]3CC2[C@@H]1N(C)C. The van der Waals surface area contributed by atoms with Gasteiger partial charge in [-0.1, -0.05) is 12.1 Å². The quantitative estimate of drug-likeness (QED) is 0.481. The van der Waals surface area contributed by atoms with E-state index in [0.29, 0.717) is 12.0 Å². The van der Waals surface area contributed by atoms with E-state index in [2.05, 4.69) is 0 Å². The van der Waals surface area contributed by atoms with Gasteiger partial charge in [0.25, 0.3) is 0 Å². The van der Waals surface area contributed by atoms with Crippen LogP contribution < -0.4 is 5.73 Å². The summed E-state index contributed by atoms with van der Waals surface area (Å²) in [5.74, 6) is -6.45. The van der Waals surface area contributed by atoms with Gasteiger partial charge in [0.1, 0.15) is 17.4 Å². The molecule has 0 saturated heterocycles. The number of nitrogens with two attached hydrogens (primary N) is 1. The molecule has 9 heteroatoms. The number of aromatic hydroxyl groups is 1. The number of rotatable bonds is 3. The van der Waals surface area contributed by atoms with E-state index < -0.39 is 58.7 Å². The lowest BCUT2D eigenvalue weighted by Crippen LogP contribution is -2.73. The molecule has 3 unspecified atom stereocenters. The van der Waals surface area contributed by atoms with E-state index in [1.165, 1.54) is 13.2 Å². The minimum Gasteiger partial charge on any atom is -0.507 e. The third-order valence-electron chi connectivity index (χ3n) is 7.07. The summed E-state index contributed by atoms with van der Waals surface area (Å²) >= 11 is 0. The largest absolute Gasteiger partial charge is 0.507 e. The molecule has 0 heterocycles. The molecule has 166 valence electrons. The molecule has 5 N–H and O–H groups in total. The normalized spacial score (nSPS) is 34.9. The van der Waals surface area contributed by atoms with Gasteiger partial charge in [-0.05, 0) is 44.5 Å². The first-order chi connectivity index (χ1) is 14.5. The lowest BCUT2D eigenvalue weighted by atomic mass is 9.54. The van der Waals surface area contributed by atoms with Crippen LogP contribution in [0.25, 0.3) is 5.76 Å². The van der Waals surface area contributed by atoms with Gasteiger partial charge >= 0.3 is 0 Å². The van der Waals surface area contributed by atoms with Crippen LogP contribution in [0, 0.1) is 17.8 Å². The molecule has 1 aromatic carbocycles. The summed E-state index contributed by atoms with van der Waals surface area (Å²) in [4.78, 5) is 40.8. The van der Waals surface area contributed by atoms with Gasteiger partial charge < -0.3 is 30.7 Å². The maximum atomic E-state index is 13.6. The highest BCUT2D eigenvalue weighted by Crippen LogP contribution is 2.52. The second-order valence-electron chi connectivity index (χ2n) is 8.81. The summed E-state index contributed by atoms with van der Waals surface area (Å²) in [6, 6.07) is 4.15. The molecule has 1 aromatic rings. The van der Waals surface area contributed by atoms with E-state index >= 15 is 0 Å². The van der Waals surface area contributed by atoms with E-state index in [1.54, 1.807) is 31.1 Å². The highest BCUT2D eigenvalue weighted by Gasteiger charge is 2.67. The van der Waals surface area contributed by atoms with Gasteiger partial charge in [-0.2, -0.15) is 0 Å². The Labute approximate surface area is 179 Å². The standard InChI is InChI=1S/C22H26N2O7/c1-24(2)16-11-8-10-7-9-5-4-6-12(25)13(9)17(26)14(10)19(27)22(11,30)20(28)15(21(23)29)18(16)31-3/h4-6,10-11,15-16,18,25-26,30H,7-8H2,1-3H3,(H2,23,29)/t10-,11?,15?,16-,18?,22-/m0/s1. The molecule has 2 fully saturated rings. The van der Waals surface area contributed by atoms with Crippen molar-refractivity contribution in [3.8, 4) is 5.75 Å². The number of phenols is 1. The van der Waals surface area contributed by atoms with Crippen LogP contribution >= 0.6 is 0 Å². The number of methoxy groups -OCH3 is 1. The van der Waals surface area contributed by atoms with Gasteiger partial charge in [-0.3, -0.25) is 14.4 Å². The predicted octanol–water partition coefficient (Wildman–Crippen LogP) is -0.217. The van der Waals surface area contributed by atoms with Gasteiger partial charge in [0.15, 0.2) is 11.4 Å². The average molecular weight is 430 g/mol. The molecule has 4 rings (SSSR count). The third kappa shape index (κ3) is 2.77.